The predicted molar refractivity (Wildman–Crippen MR) is 120 cm³/mol. The number of aliphatic imine (C=N–C) groups is 1. The standard InChI is InChI=1S/C20H28N4O.HI/c1-5-13-21-20(22-14-19(25)24(3)4)23-15(2)17-12-8-10-16-9-6-7-11-18(16)17;/h6-12,15H,5,13-14H2,1-4H3,(H2,21,22,23);1H. The third-order valence-electron chi connectivity index (χ3n) is 4.06. The Labute approximate surface area is 173 Å². The quantitative estimate of drug-likeness (QED) is 0.388. The molecular formula is C20H29IN4O. The van der Waals surface area contributed by atoms with E-state index in [0.717, 1.165) is 13.0 Å². The monoisotopic (exact) mass is 468 g/mol. The lowest BCUT2D eigenvalue weighted by atomic mass is 10.00. The summed E-state index contributed by atoms with van der Waals surface area (Å²) in [7, 11) is 3.48. The topological polar surface area (TPSA) is 56.7 Å². The maximum Gasteiger partial charge on any atom is 0.243 e. The number of hydrogen-bond donors (Lipinski definition) is 2. The highest BCUT2D eigenvalue weighted by molar-refractivity contribution is 14.0. The summed E-state index contributed by atoms with van der Waals surface area (Å²) < 4.78 is 0. The molecule has 1 amide bonds. The van der Waals surface area contributed by atoms with Gasteiger partial charge in [-0.15, -0.1) is 24.0 Å². The highest BCUT2D eigenvalue weighted by atomic mass is 127. The van der Waals surface area contributed by atoms with E-state index >= 15 is 0 Å². The molecule has 0 bridgehead atoms. The first-order chi connectivity index (χ1) is 12.0. The van der Waals surface area contributed by atoms with Crippen molar-refractivity contribution in [2.24, 2.45) is 4.99 Å². The average molecular weight is 468 g/mol. The van der Waals surface area contributed by atoms with Crippen LogP contribution in [-0.2, 0) is 4.79 Å². The molecule has 2 aromatic rings. The summed E-state index contributed by atoms with van der Waals surface area (Å²) in [6.45, 7) is 5.15. The minimum Gasteiger partial charge on any atom is -0.356 e. The maximum absolute atomic E-state index is 11.8. The van der Waals surface area contributed by atoms with Gasteiger partial charge in [0, 0.05) is 20.6 Å². The summed E-state index contributed by atoms with van der Waals surface area (Å²) in [6, 6.07) is 14.7. The number of halogens is 1. The van der Waals surface area contributed by atoms with E-state index in [1.54, 1.807) is 19.0 Å². The van der Waals surface area contributed by atoms with Crippen molar-refractivity contribution in [3.05, 3.63) is 48.0 Å². The Balaban J connectivity index is 0.00000338. The zero-order valence-corrected chi connectivity index (χ0v) is 18.3. The van der Waals surface area contributed by atoms with Crippen LogP contribution in [0.5, 0.6) is 0 Å². The molecule has 0 aliphatic rings. The van der Waals surface area contributed by atoms with Gasteiger partial charge in [0.25, 0.3) is 0 Å². The molecule has 26 heavy (non-hydrogen) atoms. The van der Waals surface area contributed by atoms with Gasteiger partial charge < -0.3 is 15.5 Å². The van der Waals surface area contributed by atoms with Crippen molar-refractivity contribution >= 4 is 46.6 Å². The fourth-order valence-corrected chi connectivity index (χ4v) is 2.59. The molecule has 0 aromatic heterocycles. The fraction of sp³-hybridized carbons (Fsp3) is 0.400. The molecular weight excluding hydrogens is 439 g/mol. The summed E-state index contributed by atoms with van der Waals surface area (Å²) in [5.41, 5.74) is 1.21. The number of carbonyl (C=O) groups excluding carboxylic acids is 1. The van der Waals surface area contributed by atoms with E-state index < -0.39 is 0 Å². The molecule has 5 nitrogen and oxygen atoms in total. The Kier molecular flexibility index (Phi) is 9.40. The van der Waals surface area contributed by atoms with Gasteiger partial charge in [-0.2, -0.15) is 0 Å². The first-order valence-corrected chi connectivity index (χ1v) is 8.75. The van der Waals surface area contributed by atoms with E-state index in [1.807, 2.05) is 6.07 Å². The molecule has 0 aliphatic carbocycles. The van der Waals surface area contributed by atoms with E-state index in [-0.39, 0.29) is 42.5 Å². The van der Waals surface area contributed by atoms with Crippen molar-refractivity contribution in [2.75, 3.05) is 27.2 Å². The van der Waals surface area contributed by atoms with Crippen LogP contribution in [0.1, 0.15) is 31.9 Å². The van der Waals surface area contributed by atoms with Crippen molar-refractivity contribution in [2.45, 2.75) is 26.3 Å². The maximum atomic E-state index is 11.8. The highest BCUT2D eigenvalue weighted by Gasteiger charge is 2.12. The number of hydrogen-bond acceptors (Lipinski definition) is 2. The zero-order chi connectivity index (χ0) is 18.2. The Hall–Kier alpha value is -1.83. The van der Waals surface area contributed by atoms with E-state index in [0.29, 0.717) is 5.96 Å². The summed E-state index contributed by atoms with van der Waals surface area (Å²) in [6.07, 6.45) is 0.991. The van der Waals surface area contributed by atoms with E-state index in [1.165, 1.54) is 16.3 Å². The van der Waals surface area contributed by atoms with E-state index in [4.69, 9.17) is 0 Å². The molecule has 2 N–H and O–H groups in total. The summed E-state index contributed by atoms with van der Waals surface area (Å²) in [4.78, 5) is 17.8. The molecule has 6 heteroatoms. The van der Waals surface area contributed by atoms with Gasteiger partial charge in [-0.25, -0.2) is 4.99 Å². The minimum atomic E-state index is -0.0181. The molecule has 2 aromatic carbocycles. The second kappa shape index (κ2) is 11.0. The first kappa shape index (κ1) is 22.2. The second-order valence-electron chi connectivity index (χ2n) is 6.31. The lowest BCUT2D eigenvalue weighted by molar-refractivity contribution is -0.127. The normalized spacial score (nSPS) is 12.2. The van der Waals surface area contributed by atoms with Crippen LogP contribution in [0.25, 0.3) is 10.8 Å². The molecule has 0 radical (unpaired) electrons. The van der Waals surface area contributed by atoms with Crippen LogP contribution in [0.3, 0.4) is 0 Å². The molecule has 0 heterocycles. The van der Waals surface area contributed by atoms with Gasteiger partial charge in [0.1, 0.15) is 6.54 Å². The largest absolute Gasteiger partial charge is 0.356 e. The third kappa shape index (κ3) is 6.16. The summed E-state index contributed by atoms with van der Waals surface area (Å²) in [5.74, 6) is 0.646. The van der Waals surface area contributed by atoms with Crippen LogP contribution < -0.4 is 10.6 Å². The van der Waals surface area contributed by atoms with Crippen molar-refractivity contribution in [3.63, 3.8) is 0 Å². The van der Waals surface area contributed by atoms with Crippen molar-refractivity contribution in [1.82, 2.24) is 15.5 Å². The van der Waals surface area contributed by atoms with Crippen LogP contribution in [0, 0.1) is 0 Å². The molecule has 0 spiro atoms. The Bertz CT molecular complexity index is 740. The fourth-order valence-electron chi connectivity index (χ4n) is 2.59. The average Bonchev–Trinajstić information content (AvgIpc) is 2.62. The lowest BCUT2D eigenvalue weighted by Crippen LogP contribution is -2.40. The van der Waals surface area contributed by atoms with Crippen LogP contribution in [0.15, 0.2) is 47.5 Å². The molecule has 142 valence electrons. The lowest BCUT2D eigenvalue weighted by Gasteiger charge is -2.20. The van der Waals surface area contributed by atoms with Gasteiger partial charge in [-0.1, -0.05) is 49.4 Å². The molecule has 1 atom stereocenters. The van der Waals surface area contributed by atoms with Crippen molar-refractivity contribution in [3.8, 4) is 0 Å². The van der Waals surface area contributed by atoms with Gasteiger partial charge >= 0.3 is 0 Å². The Morgan fingerprint density at radius 2 is 1.85 bits per heavy atom. The number of fused-ring (bicyclic) bond motifs is 1. The Morgan fingerprint density at radius 3 is 2.54 bits per heavy atom. The number of benzene rings is 2. The van der Waals surface area contributed by atoms with Gasteiger partial charge in [0.15, 0.2) is 5.96 Å². The number of guanidine groups is 1. The van der Waals surface area contributed by atoms with Gasteiger partial charge in [-0.05, 0) is 29.7 Å². The molecule has 0 saturated heterocycles. The van der Waals surface area contributed by atoms with Crippen LogP contribution in [-0.4, -0.2) is 44.0 Å². The first-order valence-electron chi connectivity index (χ1n) is 8.75. The third-order valence-corrected chi connectivity index (χ3v) is 4.06. The van der Waals surface area contributed by atoms with Crippen molar-refractivity contribution in [1.29, 1.82) is 0 Å². The smallest absolute Gasteiger partial charge is 0.243 e. The van der Waals surface area contributed by atoms with E-state index in [9.17, 15) is 4.79 Å². The summed E-state index contributed by atoms with van der Waals surface area (Å²) >= 11 is 0. The van der Waals surface area contributed by atoms with Gasteiger partial charge in [-0.3, -0.25) is 4.79 Å². The van der Waals surface area contributed by atoms with Gasteiger partial charge in [0.2, 0.25) is 5.91 Å². The zero-order valence-electron chi connectivity index (χ0n) is 16.0. The predicted octanol–water partition coefficient (Wildman–Crippen LogP) is 3.55. The molecule has 0 aliphatic heterocycles. The number of amides is 1. The van der Waals surface area contributed by atoms with Crippen LogP contribution in [0.2, 0.25) is 0 Å². The van der Waals surface area contributed by atoms with Gasteiger partial charge in [0.05, 0.1) is 6.04 Å². The van der Waals surface area contributed by atoms with E-state index in [2.05, 4.69) is 65.9 Å². The number of carbonyl (C=O) groups is 1. The molecule has 1 unspecified atom stereocenters. The molecule has 0 fully saturated rings. The van der Waals surface area contributed by atoms with Crippen LogP contribution in [0.4, 0.5) is 0 Å². The number of rotatable bonds is 6. The summed E-state index contributed by atoms with van der Waals surface area (Å²) in [5, 5.41) is 9.15. The minimum absolute atomic E-state index is 0. The Morgan fingerprint density at radius 1 is 1.15 bits per heavy atom. The number of nitrogens with zero attached hydrogens (tertiary/aromatic N) is 2. The SMILES string of the molecule is CCCNC(=NCC(=O)N(C)C)NC(C)c1cccc2ccccc12.I. The second-order valence-corrected chi connectivity index (χ2v) is 6.31. The number of nitrogens with one attached hydrogen (secondary N) is 2. The molecule has 0 saturated carbocycles. The molecule has 2 rings (SSSR count). The highest BCUT2D eigenvalue weighted by Crippen LogP contribution is 2.23. The van der Waals surface area contributed by atoms with Crippen molar-refractivity contribution < 1.29 is 4.79 Å². The number of likely N-dealkylation sites (N-methyl/N-ethyl adjacent to an activating group) is 1. The van der Waals surface area contributed by atoms with Crippen LogP contribution >= 0.6 is 24.0 Å².